The van der Waals surface area contributed by atoms with Gasteiger partial charge in [-0.3, -0.25) is 14.4 Å². The number of nitrogens with one attached hydrogen (secondary N) is 2. The normalized spacial score (nSPS) is 19.8. The van der Waals surface area contributed by atoms with Crippen molar-refractivity contribution in [3.63, 3.8) is 0 Å². The summed E-state index contributed by atoms with van der Waals surface area (Å²) in [6.45, 7) is 0.623. The average molecular weight is 682 g/mol. The highest BCUT2D eigenvalue weighted by Crippen LogP contribution is 2.39. The number of ether oxygens (including phenoxy) is 4. The van der Waals surface area contributed by atoms with Gasteiger partial charge in [0.2, 0.25) is 17.6 Å². The maximum atomic E-state index is 13.7. The minimum atomic E-state index is -0.552. The Morgan fingerprint density at radius 1 is 0.920 bits per heavy atom. The minimum absolute atomic E-state index is 0.113. The molecule has 2 atom stereocenters. The number of hydrogen-bond donors (Lipinski definition) is 2. The monoisotopic (exact) mass is 681 g/mol. The van der Waals surface area contributed by atoms with Crippen molar-refractivity contribution >= 4 is 17.7 Å². The van der Waals surface area contributed by atoms with Gasteiger partial charge in [0.1, 0.15) is 17.6 Å². The van der Waals surface area contributed by atoms with Crippen molar-refractivity contribution in [2.75, 3.05) is 33.9 Å². The van der Waals surface area contributed by atoms with E-state index in [2.05, 4.69) is 20.8 Å². The third-order valence-corrected chi connectivity index (χ3v) is 9.19. The second kappa shape index (κ2) is 14.5. The van der Waals surface area contributed by atoms with Gasteiger partial charge >= 0.3 is 0 Å². The van der Waals surface area contributed by atoms with Crippen molar-refractivity contribution in [2.24, 2.45) is 0 Å². The smallest absolute Gasteiger partial charge is 0.258 e. The van der Waals surface area contributed by atoms with Crippen LogP contribution < -0.4 is 29.6 Å². The second-order valence-corrected chi connectivity index (χ2v) is 12.7. The molecule has 2 N–H and O–H groups in total. The topological polar surface area (TPSA) is 154 Å². The van der Waals surface area contributed by atoms with Crippen molar-refractivity contribution in [2.45, 2.75) is 56.7 Å². The van der Waals surface area contributed by atoms with Gasteiger partial charge in [0.15, 0.2) is 18.1 Å². The molecule has 3 amide bonds. The van der Waals surface area contributed by atoms with Gasteiger partial charge in [0.05, 0.1) is 20.3 Å². The van der Waals surface area contributed by atoms with Crippen LogP contribution in [0.5, 0.6) is 23.0 Å². The summed E-state index contributed by atoms with van der Waals surface area (Å²) >= 11 is 0. The standard InChI is InChI=1S/C37H39N5O8/c1-46-30-13-3-22-4-14-33(43)38-19-26-11-12-27(18-31(26)47-2)49-29-15-16-42(20-28(29)39-34(44)21-48-32(30)17-22)37(45)25-9-5-23(6-10-25)35-40-36(50-41-35)24-7-8-24/h3,5-6,9-13,17-18,24,28-29H,4,7-8,14-16,19-21H2,1-2H3,(H,38,43)(H,39,44)/t28-,29+/m1/s1. The summed E-state index contributed by atoms with van der Waals surface area (Å²) in [5, 5.41) is 10.1. The van der Waals surface area contributed by atoms with Crippen LogP contribution >= 0.6 is 0 Å². The molecule has 3 aliphatic heterocycles. The minimum Gasteiger partial charge on any atom is -0.496 e. The molecule has 1 saturated heterocycles. The Morgan fingerprint density at radius 2 is 1.74 bits per heavy atom. The number of aryl methyl sites for hydroxylation is 1. The first-order chi connectivity index (χ1) is 24.4. The molecule has 4 heterocycles. The van der Waals surface area contributed by atoms with Crippen LogP contribution in [0.25, 0.3) is 11.4 Å². The lowest BCUT2D eigenvalue weighted by Gasteiger charge is -2.39. The second-order valence-electron chi connectivity index (χ2n) is 12.7. The van der Waals surface area contributed by atoms with Gasteiger partial charge in [0, 0.05) is 61.2 Å². The number of likely N-dealkylation sites (tertiary alicyclic amines) is 1. The highest BCUT2D eigenvalue weighted by atomic mass is 16.5. The predicted octanol–water partition coefficient (Wildman–Crippen LogP) is 4.05. The average Bonchev–Trinajstić information content (AvgIpc) is 3.88. The van der Waals surface area contributed by atoms with E-state index in [1.165, 1.54) is 7.11 Å². The summed E-state index contributed by atoms with van der Waals surface area (Å²) in [6, 6.07) is 17.4. The van der Waals surface area contributed by atoms with Crippen LogP contribution in [0.1, 0.15) is 59.0 Å². The van der Waals surface area contributed by atoms with Crippen LogP contribution in [0.4, 0.5) is 0 Å². The highest BCUT2D eigenvalue weighted by Gasteiger charge is 2.35. The molecule has 8 rings (SSSR count). The lowest BCUT2D eigenvalue weighted by atomic mass is 10.00. The third kappa shape index (κ3) is 7.51. The van der Waals surface area contributed by atoms with Gasteiger partial charge in [-0.2, -0.15) is 4.98 Å². The molecule has 1 saturated carbocycles. The van der Waals surface area contributed by atoms with Crippen molar-refractivity contribution in [3.8, 4) is 34.4 Å². The molecule has 0 unspecified atom stereocenters. The molecule has 4 bridgehead atoms. The quantitative estimate of drug-likeness (QED) is 0.315. The number of methoxy groups -OCH3 is 2. The number of fused-ring (bicyclic) bond motifs is 9. The Balaban J connectivity index is 1.11. The van der Waals surface area contributed by atoms with Crippen LogP contribution in [0, 0.1) is 0 Å². The summed E-state index contributed by atoms with van der Waals surface area (Å²) < 4.78 is 28.8. The van der Waals surface area contributed by atoms with Crippen molar-refractivity contribution in [1.29, 1.82) is 0 Å². The maximum absolute atomic E-state index is 13.7. The molecule has 2 fully saturated rings. The number of aromatic nitrogens is 2. The summed E-state index contributed by atoms with van der Waals surface area (Å²) in [5.41, 5.74) is 2.93. The van der Waals surface area contributed by atoms with Gasteiger partial charge in [-0.1, -0.05) is 23.4 Å². The molecule has 4 aliphatic rings. The summed E-state index contributed by atoms with van der Waals surface area (Å²) in [5.74, 6) is 2.81. The number of carbonyl (C=O) groups is 3. The highest BCUT2D eigenvalue weighted by molar-refractivity contribution is 5.94. The van der Waals surface area contributed by atoms with Gasteiger partial charge in [-0.05, 0) is 61.2 Å². The van der Waals surface area contributed by atoms with E-state index in [9.17, 15) is 14.4 Å². The van der Waals surface area contributed by atoms with Gasteiger partial charge in [0.25, 0.3) is 11.8 Å². The molecule has 1 aliphatic carbocycles. The van der Waals surface area contributed by atoms with Crippen molar-refractivity contribution in [1.82, 2.24) is 25.7 Å². The molecule has 1 aromatic heterocycles. The van der Waals surface area contributed by atoms with Crippen molar-refractivity contribution in [3.05, 3.63) is 83.2 Å². The lowest BCUT2D eigenvalue weighted by Crippen LogP contribution is -2.58. The first-order valence-electron chi connectivity index (χ1n) is 16.8. The van der Waals surface area contributed by atoms with E-state index in [0.29, 0.717) is 65.6 Å². The Labute approximate surface area is 289 Å². The zero-order valence-electron chi connectivity index (χ0n) is 28.0. The number of hydrogen-bond acceptors (Lipinski definition) is 10. The van der Waals surface area contributed by atoms with E-state index in [4.69, 9.17) is 23.5 Å². The molecule has 4 aromatic rings. The fourth-order valence-electron chi connectivity index (χ4n) is 6.23. The van der Waals surface area contributed by atoms with Crippen LogP contribution in [-0.2, 0) is 22.6 Å². The molecular formula is C37H39N5O8. The van der Waals surface area contributed by atoms with Gasteiger partial charge in [-0.25, -0.2) is 0 Å². The van der Waals surface area contributed by atoms with Crippen LogP contribution in [0.15, 0.2) is 65.2 Å². The Bertz CT molecular complexity index is 1870. The molecular weight excluding hydrogens is 642 g/mol. The third-order valence-electron chi connectivity index (χ3n) is 9.19. The summed E-state index contributed by atoms with van der Waals surface area (Å²) in [7, 11) is 3.09. The molecule has 50 heavy (non-hydrogen) atoms. The Hall–Kier alpha value is -5.59. The number of nitrogens with zero attached hydrogens (tertiary/aromatic N) is 3. The van der Waals surface area contributed by atoms with Gasteiger partial charge < -0.3 is 39.0 Å². The first-order valence-corrected chi connectivity index (χ1v) is 16.8. The number of piperidine rings is 1. The molecule has 0 spiro atoms. The fourth-order valence-corrected chi connectivity index (χ4v) is 6.23. The molecule has 0 radical (unpaired) electrons. The fraction of sp³-hybridized carbons (Fsp3) is 0.378. The van der Waals surface area contributed by atoms with E-state index in [1.54, 1.807) is 42.3 Å². The number of benzene rings is 3. The number of amides is 3. The zero-order chi connectivity index (χ0) is 34.6. The van der Waals surface area contributed by atoms with E-state index in [1.807, 2.05) is 30.3 Å². The van der Waals surface area contributed by atoms with Crippen molar-refractivity contribution < 1.29 is 37.9 Å². The van der Waals surface area contributed by atoms with E-state index in [0.717, 1.165) is 29.5 Å². The number of carbonyl (C=O) groups excluding carboxylic acids is 3. The lowest BCUT2D eigenvalue weighted by molar-refractivity contribution is -0.125. The van der Waals surface area contributed by atoms with Crippen LogP contribution in [-0.4, -0.2) is 78.8 Å². The zero-order valence-corrected chi connectivity index (χ0v) is 28.0. The molecule has 3 aromatic carbocycles. The SMILES string of the molecule is COc1cc2ccc1CNC(=O)CCc1ccc(OC)c(c1)OCC(=O)N[C@@H]1CN(C(=O)c3ccc(-c4noc(C5CC5)n4)cc3)CC[C@@H]1O2. The molecule has 13 heteroatoms. The first kappa shape index (κ1) is 32.9. The Morgan fingerprint density at radius 3 is 2.52 bits per heavy atom. The molecule has 13 nitrogen and oxygen atoms in total. The Kier molecular flexibility index (Phi) is 9.54. The van der Waals surface area contributed by atoms with Crippen LogP contribution in [0.2, 0.25) is 0 Å². The van der Waals surface area contributed by atoms with E-state index in [-0.39, 0.29) is 43.8 Å². The summed E-state index contributed by atoms with van der Waals surface area (Å²) in [6.07, 6.45) is 2.86. The largest absolute Gasteiger partial charge is 0.496 e. The van der Waals surface area contributed by atoms with E-state index < -0.39 is 12.1 Å². The van der Waals surface area contributed by atoms with Crippen LogP contribution in [0.3, 0.4) is 0 Å². The summed E-state index contributed by atoms with van der Waals surface area (Å²) in [4.78, 5) is 46.0. The van der Waals surface area contributed by atoms with Gasteiger partial charge in [-0.15, -0.1) is 0 Å². The maximum Gasteiger partial charge on any atom is 0.258 e. The van der Waals surface area contributed by atoms with E-state index >= 15 is 0 Å². The molecule has 260 valence electrons. The predicted molar refractivity (Wildman–Crippen MR) is 180 cm³/mol. The number of rotatable bonds is 5.